The van der Waals surface area contributed by atoms with Gasteiger partial charge in [0.1, 0.15) is 6.07 Å². The largest absolute Gasteiger partial charge is 0.353 e. The summed E-state index contributed by atoms with van der Waals surface area (Å²) in [7, 11) is 0. The van der Waals surface area contributed by atoms with E-state index in [4.69, 9.17) is 40.1 Å². The van der Waals surface area contributed by atoms with Gasteiger partial charge < -0.3 is 5.32 Å². The summed E-state index contributed by atoms with van der Waals surface area (Å²) in [5.41, 5.74) is 2.84. The number of hydrogen-bond acceptors (Lipinski definition) is 2. The molecule has 0 aliphatic carbocycles. The first kappa shape index (κ1) is 14.0. The Labute approximate surface area is 126 Å². The summed E-state index contributed by atoms with van der Waals surface area (Å²) in [6.45, 7) is 1.93. The number of halogens is 3. The smallest absolute Gasteiger partial charge is 0.101 e. The minimum absolute atomic E-state index is 0.390. The Morgan fingerprint density at radius 3 is 2.32 bits per heavy atom. The van der Waals surface area contributed by atoms with Crippen molar-refractivity contribution in [1.82, 2.24) is 0 Å². The molecule has 0 heterocycles. The third-order valence-corrected chi connectivity index (χ3v) is 3.61. The molecule has 2 rings (SSSR count). The normalized spacial score (nSPS) is 10.1. The summed E-state index contributed by atoms with van der Waals surface area (Å²) in [4.78, 5) is 0. The Morgan fingerprint density at radius 1 is 0.947 bits per heavy atom. The highest BCUT2D eigenvalue weighted by atomic mass is 35.5. The Morgan fingerprint density at radius 2 is 1.63 bits per heavy atom. The maximum absolute atomic E-state index is 9.12. The van der Waals surface area contributed by atoms with Crippen LogP contribution < -0.4 is 5.32 Å². The molecule has 0 bridgehead atoms. The number of rotatable bonds is 2. The van der Waals surface area contributed by atoms with Crippen LogP contribution in [-0.2, 0) is 0 Å². The summed E-state index contributed by atoms with van der Waals surface area (Å²) in [6.07, 6.45) is 0. The average Bonchev–Trinajstić information content (AvgIpc) is 2.37. The molecule has 1 N–H and O–H groups in total. The van der Waals surface area contributed by atoms with Gasteiger partial charge in [0.15, 0.2) is 0 Å². The lowest BCUT2D eigenvalue weighted by atomic mass is 10.1. The first-order chi connectivity index (χ1) is 9.01. The van der Waals surface area contributed by atoms with Gasteiger partial charge in [-0.1, -0.05) is 40.9 Å². The number of hydrogen-bond donors (Lipinski definition) is 1. The molecule has 2 aromatic rings. The number of anilines is 2. The van der Waals surface area contributed by atoms with E-state index in [0.717, 1.165) is 5.56 Å². The van der Waals surface area contributed by atoms with E-state index in [9.17, 15) is 0 Å². The van der Waals surface area contributed by atoms with Gasteiger partial charge in [0.05, 0.1) is 32.0 Å². The predicted octanol–water partition coefficient (Wildman–Crippen LogP) is 5.57. The third kappa shape index (κ3) is 3.13. The van der Waals surface area contributed by atoms with Gasteiger partial charge in [0.2, 0.25) is 0 Å². The Balaban J connectivity index is 2.42. The Kier molecular flexibility index (Phi) is 4.21. The molecule has 0 spiro atoms. The lowest BCUT2D eigenvalue weighted by molar-refractivity contribution is 1.40. The van der Waals surface area contributed by atoms with Crippen LogP contribution in [0.3, 0.4) is 0 Å². The quantitative estimate of drug-likeness (QED) is 0.736. The van der Waals surface area contributed by atoms with Crippen LogP contribution >= 0.6 is 34.8 Å². The molecule has 96 valence electrons. The van der Waals surface area contributed by atoms with Gasteiger partial charge in [-0.25, -0.2) is 0 Å². The number of nitrogens with one attached hydrogen (secondary N) is 1. The zero-order chi connectivity index (χ0) is 14.0. The second-order valence-electron chi connectivity index (χ2n) is 4.03. The molecule has 0 radical (unpaired) electrons. The van der Waals surface area contributed by atoms with Crippen LogP contribution in [-0.4, -0.2) is 0 Å². The van der Waals surface area contributed by atoms with Crippen molar-refractivity contribution in [3.05, 3.63) is 56.5 Å². The molecule has 19 heavy (non-hydrogen) atoms. The van der Waals surface area contributed by atoms with Crippen molar-refractivity contribution >= 4 is 46.2 Å². The highest BCUT2D eigenvalue weighted by Crippen LogP contribution is 2.34. The molecular formula is C14H9Cl3N2. The summed E-state index contributed by atoms with van der Waals surface area (Å²) in [5.74, 6) is 0. The minimum atomic E-state index is 0.390. The molecule has 0 saturated heterocycles. The van der Waals surface area contributed by atoms with Gasteiger partial charge in [-0.15, -0.1) is 0 Å². The van der Waals surface area contributed by atoms with Crippen molar-refractivity contribution in [2.24, 2.45) is 0 Å². The van der Waals surface area contributed by atoms with Crippen molar-refractivity contribution in [2.75, 3.05) is 5.32 Å². The third-order valence-electron chi connectivity index (χ3n) is 2.57. The van der Waals surface area contributed by atoms with Crippen LogP contribution in [0.1, 0.15) is 11.1 Å². The van der Waals surface area contributed by atoms with Crippen LogP contribution in [0.5, 0.6) is 0 Å². The fraction of sp³-hybridized carbons (Fsp3) is 0.0714. The zero-order valence-corrected chi connectivity index (χ0v) is 12.2. The van der Waals surface area contributed by atoms with Crippen LogP contribution in [0.2, 0.25) is 15.1 Å². The standard InChI is InChI=1S/C14H9Cl3N2/c1-8-2-3-13(9(4-8)7-18)19-14-6-11(16)10(15)5-12(14)17/h2-6,19H,1H3. The van der Waals surface area contributed by atoms with Gasteiger partial charge in [-0.2, -0.15) is 5.26 Å². The zero-order valence-electron chi connectivity index (χ0n) is 9.97. The van der Waals surface area contributed by atoms with E-state index in [1.54, 1.807) is 18.2 Å². The van der Waals surface area contributed by atoms with Crippen LogP contribution in [0, 0.1) is 18.3 Å². The molecule has 0 atom stereocenters. The number of nitriles is 1. The molecule has 0 aliphatic heterocycles. The molecule has 2 nitrogen and oxygen atoms in total. The monoisotopic (exact) mass is 310 g/mol. The Hall–Kier alpha value is -1.40. The summed E-state index contributed by atoms with van der Waals surface area (Å²) < 4.78 is 0. The van der Waals surface area contributed by atoms with Crippen molar-refractivity contribution in [2.45, 2.75) is 6.92 Å². The van der Waals surface area contributed by atoms with E-state index in [2.05, 4.69) is 11.4 Å². The van der Waals surface area contributed by atoms with Gasteiger partial charge >= 0.3 is 0 Å². The van der Waals surface area contributed by atoms with Crippen molar-refractivity contribution in [1.29, 1.82) is 5.26 Å². The average molecular weight is 312 g/mol. The predicted molar refractivity (Wildman–Crippen MR) is 80.6 cm³/mol. The number of nitrogens with zero attached hydrogens (tertiary/aromatic N) is 1. The van der Waals surface area contributed by atoms with E-state index >= 15 is 0 Å². The SMILES string of the molecule is Cc1ccc(Nc2cc(Cl)c(Cl)cc2Cl)c(C#N)c1. The van der Waals surface area contributed by atoms with Gasteiger partial charge in [-0.3, -0.25) is 0 Å². The molecule has 2 aromatic carbocycles. The van der Waals surface area contributed by atoms with Crippen LogP contribution in [0.15, 0.2) is 30.3 Å². The fourth-order valence-corrected chi connectivity index (χ4v) is 2.22. The van der Waals surface area contributed by atoms with E-state index in [1.807, 2.05) is 19.1 Å². The molecule has 0 saturated carbocycles. The lowest BCUT2D eigenvalue weighted by Gasteiger charge is -2.11. The van der Waals surface area contributed by atoms with E-state index in [1.165, 1.54) is 0 Å². The second kappa shape index (κ2) is 5.71. The minimum Gasteiger partial charge on any atom is -0.353 e. The maximum atomic E-state index is 9.12. The van der Waals surface area contributed by atoms with Gasteiger partial charge in [0, 0.05) is 0 Å². The van der Waals surface area contributed by atoms with E-state index in [0.29, 0.717) is 32.0 Å². The number of benzene rings is 2. The Bertz CT molecular complexity index is 675. The molecule has 0 fully saturated rings. The topological polar surface area (TPSA) is 35.8 Å². The van der Waals surface area contributed by atoms with E-state index < -0.39 is 0 Å². The molecule has 0 amide bonds. The summed E-state index contributed by atoms with van der Waals surface area (Å²) >= 11 is 17.9. The lowest BCUT2D eigenvalue weighted by Crippen LogP contribution is -1.95. The van der Waals surface area contributed by atoms with Gasteiger partial charge in [0.25, 0.3) is 0 Å². The second-order valence-corrected chi connectivity index (χ2v) is 5.25. The maximum Gasteiger partial charge on any atom is 0.101 e. The summed E-state index contributed by atoms with van der Waals surface area (Å²) in [5, 5.41) is 13.4. The highest BCUT2D eigenvalue weighted by Gasteiger charge is 2.08. The van der Waals surface area contributed by atoms with Gasteiger partial charge in [-0.05, 0) is 36.8 Å². The number of aryl methyl sites for hydroxylation is 1. The van der Waals surface area contributed by atoms with Crippen molar-refractivity contribution in [3.8, 4) is 6.07 Å². The van der Waals surface area contributed by atoms with Crippen molar-refractivity contribution < 1.29 is 0 Å². The molecular weight excluding hydrogens is 303 g/mol. The van der Waals surface area contributed by atoms with Crippen molar-refractivity contribution in [3.63, 3.8) is 0 Å². The molecule has 0 unspecified atom stereocenters. The highest BCUT2D eigenvalue weighted by molar-refractivity contribution is 6.44. The molecule has 0 aliphatic rings. The first-order valence-corrected chi connectivity index (χ1v) is 6.57. The van der Waals surface area contributed by atoms with Crippen LogP contribution in [0.4, 0.5) is 11.4 Å². The molecule has 0 aromatic heterocycles. The van der Waals surface area contributed by atoms with E-state index in [-0.39, 0.29) is 0 Å². The summed E-state index contributed by atoms with van der Waals surface area (Å²) in [6, 6.07) is 10.9. The first-order valence-electron chi connectivity index (χ1n) is 5.43. The fourth-order valence-electron chi connectivity index (χ4n) is 1.62. The molecule has 5 heteroatoms. The van der Waals surface area contributed by atoms with Crippen LogP contribution in [0.25, 0.3) is 0 Å².